The van der Waals surface area contributed by atoms with Gasteiger partial charge in [-0.2, -0.15) is 0 Å². The molecular weight excluding hydrogens is 206 g/mol. The highest BCUT2D eigenvalue weighted by Crippen LogP contribution is 2.25. The quantitative estimate of drug-likeness (QED) is 0.441. The van der Waals surface area contributed by atoms with Crippen LogP contribution in [0.3, 0.4) is 0 Å². The number of nitrogens with zero attached hydrogens (tertiary/aromatic N) is 3. The molecule has 3 amide bonds. The number of hydrogen-bond acceptors (Lipinski definition) is 5. The second-order valence-corrected chi connectivity index (χ2v) is 3.54. The van der Waals surface area contributed by atoms with Crippen LogP contribution in [0.2, 0.25) is 0 Å². The summed E-state index contributed by atoms with van der Waals surface area (Å²) in [5.74, 6) is -1.02. The van der Waals surface area contributed by atoms with E-state index in [4.69, 9.17) is 0 Å². The summed E-state index contributed by atoms with van der Waals surface area (Å²) in [5, 5.41) is 20.3. The number of amides is 3. The second-order valence-electron chi connectivity index (χ2n) is 3.54. The van der Waals surface area contributed by atoms with Crippen LogP contribution >= 0.6 is 0 Å². The lowest BCUT2D eigenvalue weighted by Gasteiger charge is -2.39. The van der Waals surface area contributed by atoms with E-state index in [1.165, 1.54) is 7.05 Å². The number of rotatable bonds is 1. The number of aliphatic hydroxyl groups excluding tert-OH is 1. The summed E-state index contributed by atoms with van der Waals surface area (Å²) in [6.45, 7) is 0.986. The Morgan fingerprint density at radius 1 is 1.47 bits per heavy atom. The van der Waals surface area contributed by atoms with Gasteiger partial charge >= 0.3 is 17.5 Å². The van der Waals surface area contributed by atoms with E-state index in [0.29, 0.717) is 4.90 Å². The Kier molecular flexibility index (Phi) is 2.40. The van der Waals surface area contributed by atoms with Gasteiger partial charge in [-0.05, 0) is 0 Å². The predicted octanol–water partition coefficient (Wildman–Crippen LogP) is -1.14. The fourth-order valence-corrected chi connectivity index (χ4v) is 1.43. The molecule has 1 rings (SSSR count). The van der Waals surface area contributed by atoms with E-state index < -0.39 is 28.6 Å². The normalized spacial score (nSPS) is 32.1. The van der Waals surface area contributed by atoms with Gasteiger partial charge in [0.15, 0.2) is 0 Å². The molecule has 2 atom stereocenters. The van der Waals surface area contributed by atoms with E-state index >= 15 is 0 Å². The Morgan fingerprint density at radius 2 is 1.93 bits per heavy atom. The number of likely N-dealkylation sites (N-methyl/N-ethyl adjacent to an activating group) is 2. The van der Waals surface area contributed by atoms with Gasteiger partial charge in [-0.3, -0.25) is 24.7 Å². The Balaban J connectivity index is 3.24. The van der Waals surface area contributed by atoms with Crippen LogP contribution in [-0.2, 0) is 4.79 Å². The molecule has 0 radical (unpaired) electrons. The van der Waals surface area contributed by atoms with Gasteiger partial charge in [0.05, 0.1) is 0 Å². The van der Waals surface area contributed by atoms with Gasteiger partial charge in [0.1, 0.15) is 0 Å². The SMILES string of the molecule is CN1C(=O)N(C)[C@@H](O)[C@@](C)([N+](=O)[O-])C1=O. The first kappa shape index (κ1) is 11.4. The molecule has 0 spiro atoms. The minimum Gasteiger partial charge on any atom is -0.367 e. The van der Waals surface area contributed by atoms with Crippen molar-refractivity contribution in [1.82, 2.24) is 9.80 Å². The molecule has 84 valence electrons. The third kappa shape index (κ3) is 1.25. The van der Waals surface area contributed by atoms with Gasteiger partial charge in [-0.15, -0.1) is 0 Å². The van der Waals surface area contributed by atoms with Crippen molar-refractivity contribution in [2.75, 3.05) is 14.1 Å². The average molecular weight is 217 g/mol. The van der Waals surface area contributed by atoms with Crippen molar-refractivity contribution in [3.8, 4) is 0 Å². The summed E-state index contributed by atoms with van der Waals surface area (Å²) in [6, 6.07) is -0.771. The largest absolute Gasteiger partial charge is 0.367 e. The van der Waals surface area contributed by atoms with Crippen LogP contribution in [0.1, 0.15) is 6.92 Å². The zero-order chi connectivity index (χ0) is 12.0. The van der Waals surface area contributed by atoms with Gasteiger partial charge < -0.3 is 5.11 Å². The zero-order valence-electron chi connectivity index (χ0n) is 8.50. The van der Waals surface area contributed by atoms with E-state index in [1.807, 2.05) is 0 Å². The number of carbonyl (C=O) groups excluding carboxylic acids is 2. The molecule has 1 fully saturated rings. The lowest BCUT2D eigenvalue weighted by atomic mass is 9.96. The van der Waals surface area contributed by atoms with Crippen molar-refractivity contribution < 1.29 is 19.6 Å². The zero-order valence-corrected chi connectivity index (χ0v) is 8.50. The molecule has 0 aliphatic carbocycles. The molecule has 0 unspecified atom stereocenters. The standard InChI is InChI=1S/C7H11N3O5/c1-7(10(14)15)4(11)8(2)6(13)9(3)5(7)12/h4,11H,1-3H3/t4-,7+/m0/s1. The van der Waals surface area contributed by atoms with Crippen LogP contribution in [0, 0.1) is 10.1 Å². The number of hydrogen-bond donors (Lipinski definition) is 1. The van der Waals surface area contributed by atoms with Gasteiger partial charge in [0.25, 0.3) is 0 Å². The van der Waals surface area contributed by atoms with Crippen LogP contribution in [0.5, 0.6) is 0 Å². The Morgan fingerprint density at radius 3 is 2.33 bits per heavy atom. The molecule has 0 aromatic carbocycles. The van der Waals surface area contributed by atoms with Gasteiger partial charge in [0, 0.05) is 25.9 Å². The molecule has 15 heavy (non-hydrogen) atoms. The van der Waals surface area contributed by atoms with E-state index in [-0.39, 0.29) is 0 Å². The van der Waals surface area contributed by atoms with Gasteiger partial charge in [-0.1, -0.05) is 0 Å². The number of imide groups is 1. The first-order valence-electron chi connectivity index (χ1n) is 4.12. The van der Waals surface area contributed by atoms with E-state index in [9.17, 15) is 24.8 Å². The summed E-state index contributed by atoms with van der Waals surface area (Å²) in [5.41, 5.74) is -2.21. The lowest BCUT2D eigenvalue weighted by Crippen LogP contribution is -2.70. The predicted molar refractivity (Wildman–Crippen MR) is 47.3 cm³/mol. The molecule has 1 heterocycles. The van der Waals surface area contributed by atoms with Crippen molar-refractivity contribution in [3.05, 3.63) is 10.1 Å². The summed E-state index contributed by atoms with van der Waals surface area (Å²) >= 11 is 0. The van der Waals surface area contributed by atoms with E-state index in [1.54, 1.807) is 0 Å². The number of urea groups is 1. The summed E-state index contributed by atoms with van der Waals surface area (Å²) in [6.07, 6.45) is -1.76. The molecule has 0 bridgehead atoms. The van der Waals surface area contributed by atoms with Crippen LogP contribution in [0.15, 0.2) is 0 Å². The van der Waals surface area contributed by atoms with Crippen molar-refractivity contribution in [2.24, 2.45) is 0 Å². The highest BCUT2D eigenvalue weighted by atomic mass is 16.6. The molecule has 1 saturated heterocycles. The molecule has 8 nitrogen and oxygen atoms in total. The molecule has 0 aromatic rings. The summed E-state index contributed by atoms with van der Waals surface area (Å²) in [7, 11) is 2.33. The third-order valence-electron chi connectivity index (χ3n) is 2.58. The molecule has 0 aromatic heterocycles. The first-order valence-corrected chi connectivity index (χ1v) is 4.12. The third-order valence-corrected chi connectivity index (χ3v) is 2.58. The second kappa shape index (κ2) is 3.16. The Bertz CT molecular complexity index is 344. The van der Waals surface area contributed by atoms with E-state index in [0.717, 1.165) is 18.9 Å². The maximum Gasteiger partial charge on any atom is 0.340 e. The minimum absolute atomic E-state index is 0.621. The van der Waals surface area contributed by atoms with Crippen molar-refractivity contribution >= 4 is 11.9 Å². The first-order chi connectivity index (χ1) is 6.74. The average Bonchev–Trinajstić information content (AvgIpc) is 2.20. The molecule has 1 N–H and O–H groups in total. The number of carbonyl (C=O) groups is 2. The van der Waals surface area contributed by atoms with Gasteiger partial charge in [-0.25, -0.2) is 4.79 Å². The molecular formula is C7H11N3O5. The highest BCUT2D eigenvalue weighted by molar-refractivity contribution is 6.01. The Labute approximate surface area is 85.2 Å². The fraction of sp³-hybridized carbons (Fsp3) is 0.714. The molecule has 1 aliphatic rings. The van der Waals surface area contributed by atoms with Crippen LogP contribution < -0.4 is 0 Å². The van der Waals surface area contributed by atoms with Crippen LogP contribution in [0.4, 0.5) is 4.79 Å². The highest BCUT2D eigenvalue weighted by Gasteiger charge is 2.61. The van der Waals surface area contributed by atoms with Crippen molar-refractivity contribution in [2.45, 2.75) is 18.7 Å². The van der Waals surface area contributed by atoms with Crippen LogP contribution in [-0.4, -0.2) is 57.6 Å². The number of aliphatic hydroxyl groups is 1. The smallest absolute Gasteiger partial charge is 0.340 e. The Hall–Kier alpha value is -1.70. The molecule has 1 aliphatic heterocycles. The maximum absolute atomic E-state index is 11.5. The van der Waals surface area contributed by atoms with Crippen molar-refractivity contribution in [3.63, 3.8) is 0 Å². The summed E-state index contributed by atoms with van der Waals surface area (Å²) in [4.78, 5) is 34.1. The van der Waals surface area contributed by atoms with E-state index in [2.05, 4.69) is 0 Å². The molecule has 8 heteroatoms. The van der Waals surface area contributed by atoms with Gasteiger partial charge in [0.2, 0.25) is 6.23 Å². The number of nitro groups is 1. The lowest BCUT2D eigenvalue weighted by molar-refractivity contribution is -0.568. The van der Waals surface area contributed by atoms with Crippen molar-refractivity contribution in [1.29, 1.82) is 0 Å². The fourth-order valence-electron chi connectivity index (χ4n) is 1.43. The van der Waals surface area contributed by atoms with Crippen LogP contribution in [0.25, 0.3) is 0 Å². The monoisotopic (exact) mass is 217 g/mol. The minimum atomic E-state index is -2.21. The maximum atomic E-state index is 11.5. The molecule has 0 saturated carbocycles. The summed E-state index contributed by atoms with van der Waals surface area (Å²) < 4.78 is 0. The topological polar surface area (TPSA) is 104 Å².